The lowest BCUT2D eigenvalue weighted by atomic mass is 10.1. The summed E-state index contributed by atoms with van der Waals surface area (Å²) < 4.78 is 13.9. The summed E-state index contributed by atoms with van der Waals surface area (Å²) in [4.78, 5) is 13.7. The molecule has 1 aromatic heterocycles. The Morgan fingerprint density at radius 3 is 2.81 bits per heavy atom. The number of nitrogens with two attached hydrogens (primary N) is 1. The van der Waals surface area contributed by atoms with Crippen molar-refractivity contribution in [1.82, 2.24) is 9.47 Å². The number of ether oxygens (including phenoxy) is 2. The molecule has 2 fully saturated rings. The van der Waals surface area contributed by atoms with Crippen molar-refractivity contribution < 1.29 is 14.3 Å². The monoisotopic (exact) mass is 357 g/mol. The van der Waals surface area contributed by atoms with Gasteiger partial charge in [-0.25, -0.2) is 0 Å². The van der Waals surface area contributed by atoms with Crippen molar-refractivity contribution in [2.45, 2.75) is 44.4 Å². The number of benzene rings is 1. The molecule has 4 rings (SSSR count). The molecule has 3 heterocycles. The second-order valence-corrected chi connectivity index (χ2v) is 7.35. The van der Waals surface area contributed by atoms with E-state index < -0.39 is 0 Å². The molecule has 6 heteroatoms. The van der Waals surface area contributed by atoms with Gasteiger partial charge in [-0.3, -0.25) is 4.79 Å². The molecule has 2 aliphatic rings. The number of fused-ring (bicyclic) bond motifs is 1. The summed E-state index contributed by atoms with van der Waals surface area (Å²) in [6.45, 7) is 4.28. The number of amides is 1. The van der Waals surface area contributed by atoms with E-state index in [4.69, 9.17) is 15.2 Å². The van der Waals surface area contributed by atoms with Gasteiger partial charge < -0.3 is 24.7 Å². The second-order valence-electron chi connectivity index (χ2n) is 7.35. The number of nitrogens with zero attached hydrogens (tertiary/aromatic N) is 2. The summed E-state index contributed by atoms with van der Waals surface area (Å²) in [6, 6.07) is 7.98. The van der Waals surface area contributed by atoms with Gasteiger partial charge in [-0.2, -0.15) is 0 Å². The fourth-order valence-corrected chi connectivity index (χ4v) is 4.07. The summed E-state index contributed by atoms with van der Waals surface area (Å²) in [5.74, 6) is 0.552. The van der Waals surface area contributed by atoms with E-state index in [0.29, 0.717) is 6.10 Å². The Bertz CT molecular complexity index is 759. The standard InChI is InChI=1S/C20H27N3O3/c21-20(24)14-23-11-8-17-18(23)4-1-5-19(17)26-15-6-9-22(10-7-15)13-16-3-2-12-25-16/h1,4-5,8,11,15-16H,2-3,6-7,9-10,12-14H2,(H2,21,24). The molecule has 1 unspecified atom stereocenters. The third-order valence-electron chi connectivity index (χ3n) is 5.41. The van der Waals surface area contributed by atoms with Crippen molar-refractivity contribution in [3.8, 4) is 5.75 Å². The van der Waals surface area contributed by atoms with Crippen LogP contribution in [0.2, 0.25) is 0 Å². The van der Waals surface area contributed by atoms with E-state index in [1.165, 1.54) is 12.8 Å². The lowest BCUT2D eigenvalue weighted by Gasteiger charge is -2.33. The molecule has 1 atom stereocenters. The van der Waals surface area contributed by atoms with E-state index in [9.17, 15) is 4.79 Å². The third-order valence-corrected chi connectivity index (χ3v) is 5.41. The SMILES string of the molecule is NC(=O)Cn1ccc2c(OC3CCN(CC4CCCO4)CC3)cccc21. The first-order valence-electron chi connectivity index (χ1n) is 9.56. The number of hydrogen-bond donors (Lipinski definition) is 1. The van der Waals surface area contributed by atoms with Crippen molar-refractivity contribution in [1.29, 1.82) is 0 Å². The Hall–Kier alpha value is -2.05. The number of carbonyl (C=O) groups excluding carboxylic acids is 1. The van der Waals surface area contributed by atoms with Gasteiger partial charge >= 0.3 is 0 Å². The Morgan fingerprint density at radius 2 is 2.08 bits per heavy atom. The number of rotatable bonds is 6. The summed E-state index contributed by atoms with van der Waals surface area (Å²) >= 11 is 0. The second kappa shape index (κ2) is 7.68. The minimum atomic E-state index is -0.340. The van der Waals surface area contributed by atoms with E-state index >= 15 is 0 Å². The number of aromatic nitrogens is 1. The van der Waals surface area contributed by atoms with Crippen molar-refractivity contribution in [2.75, 3.05) is 26.2 Å². The quantitative estimate of drug-likeness (QED) is 0.860. The molecule has 2 aliphatic heterocycles. The largest absolute Gasteiger partial charge is 0.490 e. The van der Waals surface area contributed by atoms with Crippen LogP contribution in [0.15, 0.2) is 30.5 Å². The van der Waals surface area contributed by atoms with E-state index in [1.54, 1.807) is 0 Å². The first kappa shape index (κ1) is 17.4. The topological polar surface area (TPSA) is 69.7 Å². The van der Waals surface area contributed by atoms with Gasteiger partial charge in [-0.1, -0.05) is 6.07 Å². The van der Waals surface area contributed by atoms with Crippen LogP contribution in [0.5, 0.6) is 5.75 Å². The number of primary amides is 1. The minimum Gasteiger partial charge on any atom is -0.490 e. The third kappa shape index (κ3) is 3.86. The molecule has 6 nitrogen and oxygen atoms in total. The highest BCUT2D eigenvalue weighted by Gasteiger charge is 2.25. The van der Waals surface area contributed by atoms with Gasteiger partial charge in [0.15, 0.2) is 0 Å². The molecule has 2 saturated heterocycles. The summed E-state index contributed by atoms with van der Waals surface area (Å²) in [5, 5.41) is 1.04. The Morgan fingerprint density at radius 1 is 1.23 bits per heavy atom. The molecule has 1 amide bonds. The van der Waals surface area contributed by atoms with Gasteiger partial charge in [0.1, 0.15) is 18.4 Å². The molecule has 0 spiro atoms. The van der Waals surface area contributed by atoms with Gasteiger partial charge in [0, 0.05) is 37.8 Å². The van der Waals surface area contributed by atoms with E-state index in [0.717, 1.165) is 55.7 Å². The van der Waals surface area contributed by atoms with Crippen LogP contribution in [0.1, 0.15) is 25.7 Å². The molecular weight excluding hydrogens is 330 g/mol. The fourth-order valence-electron chi connectivity index (χ4n) is 4.07. The Kier molecular flexibility index (Phi) is 5.13. The number of carbonyl (C=O) groups is 1. The average Bonchev–Trinajstić information content (AvgIpc) is 3.27. The lowest BCUT2D eigenvalue weighted by Crippen LogP contribution is -2.41. The van der Waals surface area contributed by atoms with Gasteiger partial charge in [0.05, 0.1) is 11.6 Å². The average molecular weight is 357 g/mol. The van der Waals surface area contributed by atoms with Crippen LogP contribution < -0.4 is 10.5 Å². The Labute approximate surface area is 153 Å². The van der Waals surface area contributed by atoms with Crippen molar-refractivity contribution >= 4 is 16.8 Å². The minimum absolute atomic E-state index is 0.189. The van der Waals surface area contributed by atoms with Gasteiger partial charge in [0.2, 0.25) is 5.91 Å². The maximum absolute atomic E-state index is 11.2. The Balaban J connectivity index is 1.37. The maximum atomic E-state index is 11.2. The molecular formula is C20H27N3O3. The molecule has 2 aromatic rings. The zero-order valence-corrected chi connectivity index (χ0v) is 15.1. The van der Waals surface area contributed by atoms with Crippen LogP contribution in [-0.4, -0.2) is 53.8 Å². The zero-order valence-electron chi connectivity index (χ0n) is 15.1. The van der Waals surface area contributed by atoms with Crippen LogP contribution >= 0.6 is 0 Å². The van der Waals surface area contributed by atoms with Crippen molar-refractivity contribution in [3.05, 3.63) is 30.5 Å². The van der Waals surface area contributed by atoms with Crippen LogP contribution in [0.3, 0.4) is 0 Å². The number of likely N-dealkylation sites (tertiary alicyclic amines) is 1. The number of piperidine rings is 1. The molecule has 140 valence electrons. The first-order valence-corrected chi connectivity index (χ1v) is 9.56. The highest BCUT2D eigenvalue weighted by Crippen LogP contribution is 2.29. The van der Waals surface area contributed by atoms with Crippen LogP contribution in [0, 0.1) is 0 Å². The predicted molar refractivity (Wildman–Crippen MR) is 100 cm³/mol. The molecule has 0 bridgehead atoms. The van der Waals surface area contributed by atoms with E-state index in [1.807, 2.05) is 35.0 Å². The van der Waals surface area contributed by atoms with Gasteiger partial charge in [-0.15, -0.1) is 0 Å². The van der Waals surface area contributed by atoms with Crippen LogP contribution in [0.25, 0.3) is 10.9 Å². The normalized spacial score (nSPS) is 22.1. The lowest BCUT2D eigenvalue weighted by molar-refractivity contribution is -0.118. The molecule has 0 aliphatic carbocycles. The fraction of sp³-hybridized carbons (Fsp3) is 0.550. The maximum Gasteiger partial charge on any atom is 0.237 e. The zero-order chi connectivity index (χ0) is 17.9. The highest BCUT2D eigenvalue weighted by atomic mass is 16.5. The molecule has 0 radical (unpaired) electrons. The highest BCUT2D eigenvalue weighted by molar-refractivity contribution is 5.87. The van der Waals surface area contributed by atoms with Crippen molar-refractivity contribution in [2.24, 2.45) is 5.73 Å². The summed E-state index contributed by atoms with van der Waals surface area (Å²) in [6.07, 6.45) is 7.01. The molecule has 26 heavy (non-hydrogen) atoms. The number of hydrogen-bond acceptors (Lipinski definition) is 4. The van der Waals surface area contributed by atoms with Crippen LogP contribution in [-0.2, 0) is 16.1 Å². The van der Waals surface area contributed by atoms with E-state index in [-0.39, 0.29) is 18.6 Å². The van der Waals surface area contributed by atoms with Crippen molar-refractivity contribution in [3.63, 3.8) is 0 Å². The summed E-state index contributed by atoms with van der Waals surface area (Å²) in [7, 11) is 0. The first-order chi connectivity index (χ1) is 12.7. The van der Waals surface area contributed by atoms with Gasteiger partial charge in [0.25, 0.3) is 0 Å². The van der Waals surface area contributed by atoms with E-state index in [2.05, 4.69) is 4.90 Å². The van der Waals surface area contributed by atoms with Gasteiger partial charge in [-0.05, 0) is 43.9 Å². The molecule has 0 saturated carbocycles. The smallest absolute Gasteiger partial charge is 0.237 e. The molecule has 2 N–H and O–H groups in total. The summed E-state index contributed by atoms with van der Waals surface area (Å²) in [5.41, 5.74) is 6.31. The van der Waals surface area contributed by atoms with Crippen LogP contribution in [0.4, 0.5) is 0 Å². The predicted octanol–water partition coefficient (Wildman–Crippen LogP) is 2.15. The molecule has 1 aromatic carbocycles.